The van der Waals surface area contributed by atoms with Crippen molar-refractivity contribution in [2.75, 3.05) is 33.9 Å². The van der Waals surface area contributed by atoms with Crippen LogP contribution in [0.15, 0.2) is 24.3 Å². The van der Waals surface area contributed by atoms with Crippen LogP contribution in [0.4, 0.5) is 0 Å². The Morgan fingerprint density at radius 1 is 1.24 bits per heavy atom. The number of halogens is 1. The van der Waals surface area contributed by atoms with E-state index < -0.39 is 6.10 Å². The monoisotopic (exact) mass is 261 g/mol. The van der Waals surface area contributed by atoms with Gasteiger partial charge in [0, 0.05) is 6.54 Å². The number of aromatic hydroxyl groups is 1. The van der Waals surface area contributed by atoms with Gasteiger partial charge in [-0.05, 0) is 31.8 Å². The van der Waals surface area contributed by atoms with Crippen LogP contribution < -0.4 is 0 Å². The maximum atomic E-state index is 9.76. The summed E-state index contributed by atoms with van der Waals surface area (Å²) in [5.74, 6) is 0.199. The van der Waals surface area contributed by atoms with Crippen LogP contribution in [0.2, 0.25) is 0 Å². The highest BCUT2D eigenvalue weighted by Gasteiger charge is 2.07. The maximum absolute atomic E-state index is 9.76. The number of rotatable bonds is 6. The van der Waals surface area contributed by atoms with Gasteiger partial charge in [0.05, 0.1) is 13.2 Å². The van der Waals surface area contributed by atoms with Crippen LogP contribution in [0.1, 0.15) is 11.7 Å². The SMILES string of the molecule is CN(C)CCOCC(O)c1ccc(O)cc1.Cl. The van der Waals surface area contributed by atoms with E-state index in [1.165, 1.54) is 0 Å². The maximum Gasteiger partial charge on any atom is 0.115 e. The minimum absolute atomic E-state index is 0. The number of phenolic OH excluding ortho intramolecular Hbond substituents is 1. The largest absolute Gasteiger partial charge is 0.508 e. The second-order valence-electron chi connectivity index (χ2n) is 3.99. The lowest BCUT2D eigenvalue weighted by molar-refractivity contribution is 0.0306. The second-order valence-corrected chi connectivity index (χ2v) is 3.99. The van der Waals surface area contributed by atoms with E-state index in [4.69, 9.17) is 9.84 Å². The number of hydrogen-bond donors (Lipinski definition) is 2. The molecule has 0 saturated carbocycles. The first-order valence-electron chi connectivity index (χ1n) is 5.29. The quantitative estimate of drug-likeness (QED) is 0.761. The summed E-state index contributed by atoms with van der Waals surface area (Å²) in [7, 11) is 3.94. The van der Waals surface area contributed by atoms with Gasteiger partial charge < -0.3 is 19.8 Å². The van der Waals surface area contributed by atoms with Crippen molar-refractivity contribution < 1.29 is 14.9 Å². The van der Waals surface area contributed by atoms with Crippen LogP contribution >= 0.6 is 12.4 Å². The van der Waals surface area contributed by atoms with Crippen LogP contribution in [0.3, 0.4) is 0 Å². The highest BCUT2D eigenvalue weighted by molar-refractivity contribution is 5.85. The lowest BCUT2D eigenvalue weighted by Gasteiger charge is -2.13. The molecule has 0 aromatic heterocycles. The van der Waals surface area contributed by atoms with Gasteiger partial charge in [0.25, 0.3) is 0 Å². The molecule has 17 heavy (non-hydrogen) atoms. The van der Waals surface area contributed by atoms with Crippen LogP contribution in [-0.4, -0.2) is 49.0 Å². The zero-order valence-corrected chi connectivity index (χ0v) is 11.0. The van der Waals surface area contributed by atoms with E-state index in [2.05, 4.69) is 0 Å². The molecule has 0 aliphatic rings. The average molecular weight is 262 g/mol. The third-order valence-corrected chi connectivity index (χ3v) is 2.24. The lowest BCUT2D eigenvalue weighted by Crippen LogP contribution is -2.19. The molecule has 5 heteroatoms. The number of hydrogen-bond acceptors (Lipinski definition) is 4. The van der Waals surface area contributed by atoms with E-state index in [9.17, 15) is 5.11 Å². The van der Waals surface area contributed by atoms with Crippen LogP contribution in [0.25, 0.3) is 0 Å². The highest BCUT2D eigenvalue weighted by atomic mass is 35.5. The molecule has 4 nitrogen and oxygen atoms in total. The fourth-order valence-corrected chi connectivity index (χ4v) is 1.23. The normalized spacial score (nSPS) is 12.2. The van der Waals surface area contributed by atoms with Crippen LogP contribution in [-0.2, 0) is 4.74 Å². The Bertz CT molecular complexity index is 303. The van der Waals surface area contributed by atoms with Gasteiger partial charge in [-0.1, -0.05) is 12.1 Å². The molecule has 2 N–H and O–H groups in total. The van der Waals surface area contributed by atoms with Crippen molar-refractivity contribution in [3.8, 4) is 5.75 Å². The summed E-state index contributed by atoms with van der Waals surface area (Å²) < 4.78 is 5.34. The minimum atomic E-state index is -0.636. The van der Waals surface area contributed by atoms with Gasteiger partial charge in [-0.2, -0.15) is 0 Å². The number of aliphatic hydroxyl groups is 1. The average Bonchev–Trinajstić information content (AvgIpc) is 2.25. The van der Waals surface area contributed by atoms with Crippen LogP contribution in [0, 0.1) is 0 Å². The summed E-state index contributed by atoms with van der Waals surface area (Å²) in [6.45, 7) is 1.71. The Morgan fingerprint density at radius 2 is 1.82 bits per heavy atom. The van der Waals surface area contributed by atoms with Gasteiger partial charge in [0.2, 0.25) is 0 Å². The zero-order chi connectivity index (χ0) is 12.0. The van der Waals surface area contributed by atoms with Crippen LogP contribution in [0.5, 0.6) is 5.75 Å². The topological polar surface area (TPSA) is 52.9 Å². The highest BCUT2D eigenvalue weighted by Crippen LogP contribution is 2.16. The first-order chi connectivity index (χ1) is 7.59. The summed E-state index contributed by atoms with van der Waals surface area (Å²) in [6.07, 6.45) is -0.636. The fourth-order valence-electron chi connectivity index (χ4n) is 1.23. The van der Waals surface area contributed by atoms with Gasteiger partial charge in [-0.25, -0.2) is 0 Å². The molecule has 1 atom stereocenters. The van der Waals surface area contributed by atoms with Gasteiger partial charge in [0.1, 0.15) is 11.9 Å². The Labute approximate surface area is 108 Å². The Balaban J connectivity index is 0.00000256. The van der Waals surface area contributed by atoms with E-state index >= 15 is 0 Å². The van der Waals surface area contributed by atoms with Gasteiger partial charge >= 0.3 is 0 Å². The number of ether oxygens (including phenoxy) is 1. The van der Waals surface area contributed by atoms with Gasteiger partial charge in [-0.3, -0.25) is 0 Å². The van der Waals surface area contributed by atoms with Gasteiger partial charge in [0.15, 0.2) is 0 Å². The molecule has 1 aromatic carbocycles. The minimum Gasteiger partial charge on any atom is -0.508 e. The van der Waals surface area contributed by atoms with Crippen molar-refractivity contribution in [2.24, 2.45) is 0 Å². The summed E-state index contributed by atoms with van der Waals surface area (Å²) in [6, 6.07) is 6.49. The predicted molar refractivity (Wildman–Crippen MR) is 69.7 cm³/mol. The van der Waals surface area contributed by atoms with Crippen molar-refractivity contribution >= 4 is 12.4 Å². The van der Waals surface area contributed by atoms with E-state index in [1.54, 1.807) is 24.3 Å². The Kier molecular flexibility index (Phi) is 7.91. The number of phenols is 1. The molecule has 0 aliphatic heterocycles. The lowest BCUT2D eigenvalue weighted by atomic mass is 10.1. The zero-order valence-electron chi connectivity index (χ0n) is 10.2. The summed E-state index contributed by atoms with van der Waals surface area (Å²) >= 11 is 0. The summed E-state index contributed by atoms with van der Waals surface area (Å²) in [5.41, 5.74) is 0.752. The van der Waals surface area contributed by atoms with E-state index in [0.717, 1.165) is 12.1 Å². The molecule has 98 valence electrons. The van der Waals surface area contributed by atoms with Gasteiger partial charge in [-0.15, -0.1) is 12.4 Å². The molecular formula is C12H20ClNO3. The standard InChI is InChI=1S/C12H19NO3.ClH/c1-13(2)7-8-16-9-12(15)10-3-5-11(14)6-4-10;/h3-6,12,14-15H,7-9H2,1-2H3;1H. The molecule has 0 fully saturated rings. The van der Waals surface area contributed by atoms with Crippen molar-refractivity contribution in [3.63, 3.8) is 0 Å². The fraction of sp³-hybridized carbons (Fsp3) is 0.500. The van der Waals surface area contributed by atoms with Crippen molar-refractivity contribution in [2.45, 2.75) is 6.10 Å². The number of likely N-dealkylation sites (N-methyl/N-ethyl adjacent to an activating group) is 1. The molecule has 0 bridgehead atoms. The molecule has 1 unspecified atom stereocenters. The molecule has 0 aliphatic carbocycles. The first kappa shape index (κ1) is 16.2. The Hall–Kier alpha value is -0.810. The summed E-state index contributed by atoms with van der Waals surface area (Å²) in [5, 5.41) is 18.9. The molecule has 0 radical (unpaired) electrons. The third-order valence-electron chi connectivity index (χ3n) is 2.24. The molecule has 0 saturated heterocycles. The number of benzene rings is 1. The van der Waals surface area contributed by atoms with E-state index in [0.29, 0.717) is 6.61 Å². The summed E-state index contributed by atoms with van der Waals surface area (Å²) in [4.78, 5) is 2.02. The second kappa shape index (κ2) is 8.31. The third kappa shape index (κ3) is 6.48. The molecule has 1 rings (SSSR count). The van der Waals surface area contributed by atoms with Crippen molar-refractivity contribution in [1.82, 2.24) is 4.90 Å². The van der Waals surface area contributed by atoms with Crippen molar-refractivity contribution in [1.29, 1.82) is 0 Å². The molecule has 1 aromatic rings. The molecule has 0 heterocycles. The number of nitrogens with zero attached hydrogens (tertiary/aromatic N) is 1. The van der Waals surface area contributed by atoms with E-state index in [1.807, 2.05) is 19.0 Å². The smallest absolute Gasteiger partial charge is 0.115 e. The molecule has 0 spiro atoms. The predicted octanol–water partition coefficient (Wildman–Crippen LogP) is 1.43. The Morgan fingerprint density at radius 3 is 2.35 bits per heavy atom. The van der Waals surface area contributed by atoms with E-state index in [-0.39, 0.29) is 24.8 Å². The van der Waals surface area contributed by atoms with Crippen molar-refractivity contribution in [3.05, 3.63) is 29.8 Å². The molecule has 0 amide bonds. The number of aliphatic hydroxyl groups excluding tert-OH is 1. The molecular weight excluding hydrogens is 242 g/mol. The first-order valence-corrected chi connectivity index (χ1v) is 5.29.